The summed E-state index contributed by atoms with van der Waals surface area (Å²) >= 11 is 8.11. The van der Waals surface area contributed by atoms with Crippen molar-refractivity contribution >= 4 is 62.7 Å². The predicted octanol–water partition coefficient (Wildman–Crippen LogP) is 4.50. The summed E-state index contributed by atoms with van der Waals surface area (Å²) in [5, 5.41) is 12.2. The van der Waals surface area contributed by atoms with Gasteiger partial charge in [0.05, 0.1) is 4.91 Å². The van der Waals surface area contributed by atoms with Gasteiger partial charge in [-0.3, -0.25) is 14.5 Å². The van der Waals surface area contributed by atoms with E-state index in [4.69, 9.17) is 12.2 Å². The quantitative estimate of drug-likeness (QED) is 0.347. The van der Waals surface area contributed by atoms with Gasteiger partial charge in [0.1, 0.15) is 9.33 Å². The van der Waals surface area contributed by atoms with Crippen molar-refractivity contribution in [3.8, 4) is 0 Å². The maximum absolute atomic E-state index is 12.6. The van der Waals surface area contributed by atoms with Gasteiger partial charge < -0.3 is 5.32 Å². The number of carbonyl (C=O) groups is 2. The van der Waals surface area contributed by atoms with E-state index in [0.717, 1.165) is 36.3 Å². The van der Waals surface area contributed by atoms with Crippen LogP contribution in [0.15, 0.2) is 35.2 Å². The lowest BCUT2D eigenvalue weighted by Crippen LogP contribution is -2.29. The van der Waals surface area contributed by atoms with Crippen LogP contribution in [0.2, 0.25) is 0 Å². The molecule has 0 atom stereocenters. The largest absolute Gasteiger partial charge is 0.301 e. The Balaban J connectivity index is 1.39. The van der Waals surface area contributed by atoms with Gasteiger partial charge in [0, 0.05) is 13.0 Å². The Morgan fingerprint density at radius 2 is 2.00 bits per heavy atom. The molecule has 152 valence electrons. The number of nitrogens with one attached hydrogen (secondary N) is 1. The number of nitrogens with zero attached hydrogens (tertiary/aromatic N) is 3. The third-order valence-electron chi connectivity index (χ3n) is 4.27. The average Bonchev–Trinajstić information content (AvgIpc) is 3.27. The van der Waals surface area contributed by atoms with Gasteiger partial charge in [-0.15, -0.1) is 10.2 Å². The van der Waals surface area contributed by atoms with E-state index in [1.165, 1.54) is 23.1 Å². The second kappa shape index (κ2) is 10.6. The van der Waals surface area contributed by atoms with Gasteiger partial charge in [-0.1, -0.05) is 79.0 Å². The standard InChI is InChI=1S/C20H22N4O2S3/c1-2-17-22-23-19(29-17)21-16(25)11-7-4-8-12-24-18(26)15(28-20(24)27)13-14-9-5-3-6-10-14/h3,5-6,9-10,13H,2,4,7-8,11-12H2,1H3,(H,21,23,25). The number of hydrogen-bond acceptors (Lipinski definition) is 7. The van der Waals surface area contributed by atoms with Crippen molar-refractivity contribution in [2.75, 3.05) is 11.9 Å². The molecule has 1 N–H and O–H groups in total. The van der Waals surface area contributed by atoms with E-state index >= 15 is 0 Å². The number of hydrogen-bond donors (Lipinski definition) is 1. The zero-order chi connectivity index (χ0) is 20.6. The molecule has 1 aliphatic rings. The van der Waals surface area contributed by atoms with Crippen molar-refractivity contribution in [3.05, 3.63) is 45.8 Å². The Morgan fingerprint density at radius 3 is 2.72 bits per heavy atom. The number of amides is 2. The summed E-state index contributed by atoms with van der Waals surface area (Å²) in [6, 6.07) is 9.75. The highest BCUT2D eigenvalue weighted by Crippen LogP contribution is 2.32. The minimum Gasteiger partial charge on any atom is -0.301 e. The zero-order valence-electron chi connectivity index (χ0n) is 16.1. The molecule has 1 aromatic heterocycles. The highest BCUT2D eigenvalue weighted by Gasteiger charge is 2.31. The van der Waals surface area contributed by atoms with Gasteiger partial charge in [-0.2, -0.15) is 0 Å². The maximum Gasteiger partial charge on any atom is 0.266 e. The first-order valence-electron chi connectivity index (χ1n) is 9.49. The van der Waals surface area contributed by atoms with Crippen LogP contribution in [-0.4, -0.2) is 37.8 Å². The van der Waals surface area contributed by atoms with Crippen molar-refractivity contribution in [2.24, 2.45) is 0 Å². The van der Waals surface area contributed by atoms with Gasteiger partial charge in [0.2, 0.25) is 11.0 Å². The Hall–Kier alpha value is -2.10. The minimum absolute atomic E-state index is 0.0374. The molecule has 0 radical (unpaired) electrons. The molecule has 9 heteroatoms. The number of anilines is 1. The molecule has 2 heterocycles. The van der Waals surface area contributed by atoms with E-state index in [1.807, 2.05) is 43.3 Å². The van der Waals surface area contributed by atoms with Crippen LogP contribution in [0.25, 0.3) is 6.08 Å². The first-order valence-corrected chi connectivity index (χ1v) is 11.5. The van der Waals surface area contributed by atoms with Gasteiger partial charge in [-0.25, -0.2) is 0 Å². The highest BCUT2D eigenvalue weighted by molar-refractivity contribution is 8.26. The van der Waals surface area contributed by atoms with E-state index in [0.29, 0.717) is 27.3 Å². The summed E-state index contributed by atoms with van der Waals surface area (Å²) in [6.07, 6.45) is 5.51. The highest BCUT2D eigenvalue weighted by atomic mass is 32.2. The second-order valence-corrected chi connectivity index (χ2v) is 9.20. The maximum atomic E-state index is 12.6. The lowest BCUT2D eigenvalue weighted by molar-refractivity contribution is -0.122. The SMILES string of the molecule is CCc1nnc(NC(=O)CCCCCN2C(=O)C(=Cc3ccccc3)SC2=S)s1. The van der Waals surface area contributed by atoms with Crippen molar-refractivity contribution in [1.29, 1.82) is 0 Å². The number of thiocarbonyl (C=S) groups is 1. The normalized spacial score (nSPS) is 15.3. The molecule has 0 unspecified atom stereocenters. The zero-order valence-corrected chi connectivity index (χ0v) is 18.5. The average molecular weight is 447 g/mol. The summed E-state index contributed by atoms with van der Waals surface area (Å²) in [5.41, 5.74) is 0.987. The molecule has 1 saturated heterocycles. The molecule has 3 rings (SSSR count). The van der Waals surface area contributed by atoms with Gasteiger partial charge in [0.25, 0.3) is 5.91 Å². The Morgan fingerprint density at radius 1 is 1.21 bits per heavy atom. The lowest BCUT2D eigenvalue weighted by Gasteiger charge is -2.13. The predicted molar refractivity (Wildman–Crippen MR) is 123 cm³/mol. The van der Waals surface area contributed by atoms with Crippen LogP contribution in [-0.2, 0) is 16.0 Å². The number of thioether (sulfide) groups is 1. The molecular formula is C20H22N4O2S3. The number of aryl methyl sites for hydroxylation is 1. The van der Waals surface area contributed by atoms with Crippen LogP contribution in [0.4, 0.5) is 5.13 Å². The third kappa shape index (κ3) is 6.19. The summed E-state index contributed by atoms with van der Waals surface area (Å²) in [4.78, 5) is 26.9. The number of carbonyl (C=O) groups excluding carboxylic acids is 2. The Kier molecular flexibility index (Phi) is 7.91. The van der Waals surface area contributed by atoms with E-state index in [1.54, 1.807) is 4.90 Å². The number of aromatic nitrogens is 2. The van der Waals surface area contributed by atoms with Crippen molar-refractivity contribution < 1.29 is 9.59 Å². The van der Waals surface area contributed by atoms with Crippen molar-refractivity contribution in [1.82, 2.24) is 15.1 Å². The number of unbranched alkanes of at least 4 members (excludes halogenated alkanes) is 2. The Labute approximate surface area is 183 Å². The van der Waals surface area contributed by atoms with Crippen LogP contribution in [0, 0.1) is 0 Å². The molecule has 0 bridgehead atoms. The van der Waals surface area contributed by atoms with E-state index < -0.39 is 0 Å². The minimum atomic E-state index is -0.0554. The summed E-state index contributed by atoms with van der Waals surface area (Å²) < 4.78 is 0.595. The summed E-state index contributed by atoms with van der Waals surface area (Å²) in [6.45, 7) is 2.58. The summed E-state index contributed by atoms with van der Waals surface area (Å²) in [7, 11) is 0. The van der Waals surface area contributed by atoms with Gasteiger partial charge in [0.15, 0.2) is 0 Å². The van der Waals surface area contributed by atoms with Crippen LogP contribution < -0.4 is 5.32 Å². The van der Waals surface area contributed by atoms with Crippen LogP contribution in [0.1, 0.15) is 43.2 Å². The van der Waals surface area contributed by atoms with Crippen molar-refractivity contribution in [2.45, 2.75) is 39.0 Å². The van der Waals surface area contributed by atoms with Crippen LogP contribution in [0.3, 0.4) is 0 Å². The molecule has 1 fully saturated rings. The van der Waals surface area contributed by atoms with E-state index in [2.05, 4.69) is 15.5 Å². The monoisotopic (exact) mass is 446 g/mol. The fourth-order valence-corrected chi connectivity index (χ4v) is 4.76. The molecule has 0 aliphatic carbocycles. The van der Waals surface area contributed by atoms with E-state index in [-0.39, 0.29) is 11.8 Å². The first-order chi connectivity index (χ1) is 14.1. The Bertz CT molecular complexity index is 911. The topological polar surface area (TPSA) is 75.2 Å². The first kappa shape index (κ1) is 21.6. The number of rotatable bonds is 9. The molecule has 2 amide bonds. The van der Waals surface area contributed by atoms with Gasteiger partial charge >= 0.3 is 0 Å². The molecule has 2 aromatic rings. The fourth-order valence-electron chi connectivity index (χ4n) is 2.75. The molecule has 1 aromatic carbocycles. The molecule has 1 aliphatic heterocycles. The lowest BCUT2D eigenvalue weighted by atomic mass is 10.2. The molecule has 0 spiro atoms. The molecule has 6 nitrogen and oxygen atoms in total. The van der Waals surface area contributed by atoms with Gasteiger partial charge in [-0.05, 0) is 30.9 Å². The van der Waals surface area contributed by atoms with Crippen LogP contribution >= 0.6 is 35.3 Å². The summed E-state index contributed by atoms with van der Waals surface area (Å²) in [5.74, 6) is -0.0928. The third-order valence-corrected chi connectivity index (χ3v) is 6.63. The number of benzene rings is 1. The second-order valence-electron chi connectivity index (χ2n) is 6.46. The molecule has 29 heavy (non-hydrogen) atoms. The van der Waals surface area contributed by atoms with Crippen molar-refractivity contribution in [3.63, 3.8) is 0 Å². The molecule has 0 saturated carbocycles. The smallest absolute Gasteiger partial charge is 0.266 e. The van der Waals surface area contributed by atoms with E-state index in [9.17, 15) is 9.59 Å². The fraction of sp³-hybridized carbons (Fsp3) is 0.350. The molecular weight excluding hydrogens is 424 g/mol. The van der Waals surface area contributed by atoms with Crippen LogP contribution in [0.5, 0.6) is 0 Å².